The summed E-state index contributed by atoms with van der Waals surface area (Å²) in [4.78, 5) is 14.3. The molecule has 4 heteroatoms. The second-order valence-electron chi connectivity index (χ2n) is 5.48. The minimum Gasteiger partial charge on any atom is -0.481 e. The summed E-state index contributed by atoms with van der Waals surface area (Å²) in [7, 11) is 0. The Morgan fingerprint density at radius 3 is 2.50 bits per heavy atom. The van der Waals surface area contributed by atoms with Gasteiger partial charge in [-0.15, -0.1) is 0 Å². The number of hydrogen-bond donors (Lipinski definition) is 0. The number of carbonyl (C=O) groups excluding carboxylic acids is 1. The number of benzene rings is 1. The monoisotopic (exact) mass is 279 g/mol. The first-order chi connectivity index (χ1) is 9.60. The van der Waals surface area contributed by atoms with E-state index in [1.165, 1.54) is 12.1 Å². The van der Waals surface area contributed by atoms with Crippen molar-refractivity contribution in [1.82, 2.24) is 4.90 Å². The molecule has 1 heterocycles. The molecule has 1 amide bonds. The quantitative estimate of drug-likeness (QED) is 0.846. The largest absolute Gasteiger partial charge is 0.481 e. The van der Waals surface area contributed by atoms with E-state index in [0.29, 0.717) is 18.1 Å². The number of ether oxygens (including phenoxy) is 1. The Balaban J connectivity index is 1.97. The zero-order valence-electron chi connectivity index (χ0n) is 12.1. The molecule has 1 aliphatic heterocycles. The first kappa shape index (κ1) is 14.8. The third-order valence-electron chi connectivity index (χ3n) is 3.83. The maximum absolute atomic E-state index is 12.9. The molecule has 3 nitrogen and oxygen atoms in total. The van der Waals surface area contributed by atoms with E-state index in [2.05, 4.69) is 6.92 Å². The fraction of sp³-hybridized carbons (Fsp3) is 0.562. The number of piperidine rings is 1. The normalized spacial score (nSPS) is 17.9. The predicted octanol–water partition coefficient (Wildman–Crippen LogP) is 3.24. The third-order valence-corrected chi connectivity index (χ3v) is 3.83. The van der Waals surface area contributed by atoms with Gasteiger partial charge in [0.15, 0.2) is 6.10 Å². The van der Waals surface area contributed by atoms with Crippen LogP contribution >= 0.6 is 0 Å². The summed E-state index contributed by atoms with van der Waals surface area (Å²) in [6.07, 6.45) is 2.24. The molecule has 0 N–H and O–H groups in total. The number of amides is 1. The van der Waals surface area contributed by atoms with Gasteiger partial charge in [-0.3, -0.25) is 4.79 Å². The van der Waals surface area contributed by atoms with Crippen molar-refractivity contribution in [2.45, 2.75) is 39.2 Å². The van der Waals surface area contributed by atoms with Crippen LogP contribution in [-0.4, -0.2) is 30.0 Å². The van der Waals surface area contributed by atoms with Gasteiger partial charge >= 0.3 is 0 Å². The van der Waals surface area contributed by atoms with Gasteiger partial charge in [-0.05, 0) is 49.4 Å². The molecular weight excluding hydrogens is 257 g/mol. The molecule has 20 heavy (non-hydrogen) atoms. The Labute approximate surface area is 119 Å². The fourth-order valence-corrected chi connectivity index (χ4v) is 2.42. The van der Waals surface area contributed by atoms with Crippen LogP contribution in [0.5, 0.6) is 5.75 Å². The molecule has 1 aromatic carbocycles. The number of rotatable bonds is 4. The zero-order valence-corrected chi connectivity index (χ0v) is 12.1. The van der Waals surface area contributed by atoms with Crippen LogP contribution in [0.15, 0.2) is 24.3 Å². The molecule has 1 aromatic rings. The molecule has 1 saturated heterocycles. The van der Waals surface area contributed by atoms with Crippen molar-refractivity contribution in [2.24, 2.45) is 5.92 Å². The van der Waals surface area contributed by atoms with Gasteiger partial charge in [-0.2, -0.15) is 0 Å². The smallest absolute Gasteiger partial charge is 0.263 e. The number of hydrogen-bond acceptors (Lipinski definition) is 2. The molecule has 0 aliphatic carbocycles. The highest BCUT2D eigenvalue weighted by Gasteiger charge is 2.27. The third kappa shape index (κ3) is 3.71. The topological polar surface area (TPSA) is 29.5 Å². The van der Waals surface area contributed by atoms with E-state index < -0.39 is 6.10 Å². The lowest BCUT2D eigenvalue weighted by atomic mass is 9.99. The van der Waals surface area contributed by atoms with Crippen LogP contribution in [-0.2, 0) is 4.79 Å². The van der Waals surface area contributed by atoms with Crippen molar-refractivity contribution in [1.29, 1.82) is 0 Å². The van der Waals surface area contributed by atoms with Gasteiger partial charge in [0.2, 0.25) is 0 Å². The fourth-order valence-electron chi connectivity index (χ4n) is 2.42. The molecule has 0 unspecified atom stereocenters. The molecular formula is C16H22FNO2. The first-order valence-electron chi connectivity index (χ1n) is 7.31. The SMILES string of the molecule is CC[C@@H](Oc1ccc(F)cc1)C(=O)N1CCC(C)CC1. The van der Waals surface area contributed by atoms with Crippen LogP contribution in [0.1, 0.15) is 33.1 Å². The summed E-state index contributed by atoms with van der Waals surface area (Å²) >= 11 is 0. The highest BCUT2D eigenvalue weighted by molar-refractivity contribution is 5.81. The molecule has 1 aliphatic rings. The summed E-state index contributed by atoms with van der Waals surface area (Å²) in [6, 6.07) is 5.80. The van der Waals surface area contributed by atoms with E-state index in [4.69, 9.17) is 4.74 Å². The van der Waals surface area contributed by atoms with Crippen molar-refractivity contribution in [3.05, 3.63) is 30.1 Å². The van der Waals surface area contributed by atoms with E-state index >= 15 is 0 Å². The number of likely N-dealkylation sites (tertiary alicyclic amines) is 1. The Morgan fingerprint density at radius 1 is 1.35 bits per heavy atom. The molecule has 0 bridgehead atoms. The van der Waals surface area contributed by atoms with Crippen LogP contribution in [0.25, 0.3) is 0 Å². The number of carbonyl (C=O) groups is 1. The molecule has 2 rings (SSSR count). The Morgan fingerprint density at radius 2 is 1.95 bits per heavy atom. The minimum atomic E-state index is -0.478. The summed E-state index contributed by atoms with van der Waals surface area (Å²) in [5.74, 6) is 0.972. The van der Waals surface area contributed by atoms with Gasteiger partial charge in [-0.25, -0.2) is 4.39 Å². The lowest BCUT2D eigenvalue weighted by molar-refractivity contribution is -0.140. The second kappa shape index (κ2) is 6.73. The van der Waals surface area contributed by atoms with Crippen LogP contribution in [0, 0.1) is 11.7 Å². The average molecular weight is 279 g/mol. The molecule has 0 saturated carbocycles. The number of nitrogens with zero attached hydrogens (tertiary/aromatic N) is 1. The van der Waals surface area contributed by atoms with Gasteiger partial charge in [-0.1, -0.05) is 13.8 Å². The van der Waals surface area contributed by atoms with E-state index in [-0.39, 0.29) is 11.7 Å². The molecule has 1 fully saturated rings. The van der Waals surface area contributed by atoms with Gasteiger partial charge in [0.25, 0.3) is 5.91 Å². The minimum absolute atomic E-state index is 0.0451. The van der Waals surface area contributed by atoms with Crippen molar-refractivity contribution in [3.8, 4) is 5.75 Å². The van der Waals surface area contributed by atoms with E-state index in [9.17, 15) is 9.18 Å². The maximum atomic E-state index is 12.9. The van der Waals surface area contributed by atoms with Crippen LogP contribution in [0.2, 0.25) is 0 Å². The molecule has 0 radical (unpaired) electrons. The Kier molecular flexibility index (Phi) is 4.99. The van der Waals surface area contributed by atoms with E-state index in [1.54, 1.807) is 12.1 Å². The second-order valence-corrected chi connectivity index (χ2v) is 5.48. The maximum Gasteiger partial charge on any atom is 0.263 e. The van der Waals surface area contributed by atoms with Crippen molar-refractivity contribution >= 4 is 5.91 Å². The summed E-state index contributed by atoms with van der Waals surface area (Å²) in [5, 5.41) is 0. The van der Waals surface area contributed by atoms with Gasteiger partial charge in [0.1, 0.15) is 11.6 Å². The zero-order chi connectivity index (χ0) is 14.5. The molecule has 0 spiro atoms. The van der Waals surface area contributed by atoms with Crippen molar-refractivity contribution in [3.63, 3.8) is 0 Å². The van der Waals surface area contributed by atoms with Crippen LogP contribution in [0.3, 0.4) is 0 Å². The lowest BCUT2D eigenvalue weighted by Crippen LogP contribution is -2.45. The van der Waals surface area contributed by atoms with Crippen LogP contribution in [0.4, 0.5) is 4.39 Å². The van der Waals surface area contributed by atoms with Gasteiger partial charge in [0.05, 0.1) is 0 Å². The molecule has 1 atom stereocenters. The summed E-state index contributed by atoms with van der Waals surface area (Å²) in [5.41, 5.74) is 0. The highest BCUT2D eigenvalue weighted by Crippen LogP contribution is 2.20. The molecule has 0 aromatic heterocycles. The predicted molar refractivity (Wildman–Crippen MR) is 76.1 cm³/mol. The Hall–Kier alpha value is -1.58. The van der Waals surface area contributed by atoms with Gasteiger partial charge in [0, 0.05) is 13.1 Å². The van der Waals surface area contributed by atoms with Crippen molar-refractivity contribution < 1.29 is 13.9 Å². The van der Waals surface area contributed by atoms with Gasteiger partial charge < -0.3 is 9.64 Å². The molecule has 110 valence electrons. The Bertz CT molecular complexity index is 438. The standard InChI is InChI=1S/C16H22FNO2/c1-3-15(20-14-6-4-13(17)5-7-14)16(19)18-10-8-12(2)9-11-18/h4-7,12,15H,3,8-11H2,1-2H3/t15-/m1/s1. The highest BCUT2D eigenvalue weighted by atomic mass is 19.1. The van der Waals surface area contributed by atoms with Crippen LogP contribution < -0.4 is 4.74 Å². The van der Waals surface area contributed by atoms with Crippen molar-refractivity contribution in [2.75, 3.05) is 13.1 Å². The van der Waals surface area contributed by atoms with E-state index in [1.807, 2.05) is 11.8 Å². The van der Waals surface area contributed by atoms with E-state index in [0.717, 1.165) is 25.9 Å². The lowest BCUT2D eigenvalue weighted by Gasteiger charge is -2.32. The average Bonchev–Trinajstić information content (AvgIpc) is 2.47. The number of halogens is 1. The summed E-state index contributed by atoms with van der Waals surface area (Å²) < 4.78 is 18.6. The first-order valence-corrected chi connectivity index (χ1v) is 7.31. The summed E-state index contributed by atoms with van der Waals surface area (Å²) in [6.45, 7) is 5.76.